The Morgan fingerprint density at radius 3 is 2.79 bits per heavy atom. The number of benzene rings is 1. The topological polar surface area (TPSA) is 73.3 Å². The van der Waals surface area contributed by atoms with E-state index in [4.69, 9.17) is 4.74 Å². The molecule has 7 heteroatoms. The van der Waals surface area contributed by atoms with Crippen LogP contribution in [0.15, 0.2) is 36.4 Å². The van der Waals surface area contributed by atoms with Gasteiger partial charge >= 0.3 is 0 Å². The van der Waals surface area contributed by atoms with Crippen LogP contribution < -0.4 is 4.74 Å². The molecule has 1 N–H and O–H groups in total. The zero-order valence-electron chi connectivity index (χ0n) is 19.7. The monoisotopic (exact) mass is 455 g/mol. The van der Waals surface area contributed by atoms with Crippen LogP contribution in [0.3, 0.4) is 0 Å². The first-order valence-electron chi connectivity index (χ1n) is 12.4. The minimum atomic E-state index is -0.398. The Bertz CT molecular complexity index is 858. The molecule has 3 heterocycles. The second-order valence-electron chi connectivity index (χ2n) is 9.60. The van der Waals surface area contributed by atoms with Crippen LogP contribution in [0, 0.1) is 11.8 Å². The number of piperidine rings is 1. The van der Waals surface area contributed by atoms with Crippen LogP contribution in [0.1, 0.15) is 38.2 Å². The Labute approximate surface area is 197 Å². The van der Waals surface area contributed by atoms with Crippen molar-refractivity contribution in [1.29, 1.82) is 0 Å². The Morgan fingerprint density at radius 1 is 1.15 bits per heavy atom. The van der Waals surface area contributed by atoms with Crippen molar-refractivity contribution in [3.63, 3.8) is 0 Å². The van der Waals surface area contributed by atoms with Crippen molar-refractivity contribution in [2.45, 2.75) is 45.3 Å². The number of nitrogens with zero attached hydrogens (tertiary/aromatic N) is 3. The molecule has 0 saturated carbocycles. The molecule has 4 rings (SSSR count). The summed E-state index contributed by atoms with van der Waals surface area (Å²) in [5.74, 6) is 1.45. The van der Waals surface area contributed by atoms with Gasteiger partial charge in [-0.1, -0.05) is 37.3 Å². The van der Waals surface area contributed by atoms with E-state index in [1.807, 2.05) is 29.2 Å². The Kier molecular flexibility index (Phi) is 8.04. The van der Waals surface area contributed by atoms with Gasteiger partial charge in [0.25, 0.3) is 0 Å². The van der Waals surface area contributed by atoms with Gasteiger partial charge in [0.2, 0.25) is 11.8 Å². The lowest BCUT2D eigenvalue weighted by Gasteiger charge is -2.38. The second kappa shape index (κ2) is 11.2. The fourth-order valence-electron chi connectivity index (χ4n) is 5.26. The highest BCUT2D eigenvalue weighted by Gasteiger charge is 2.34. The molecule has 2 fully saturated rings. The molecule has 2 bridgehead atoms. The van der Waals surface area contributed by atoms with Gasteiger partial charge in [0.05, 0.1) is 12.6 Å². The minimum absolute atomic E-state index is 0.118. The van der Waals surface area contributed by atoms with Crippen LogP contribution in [0.5, 0.6) is 5.75 Å². The molecule has 180 valence electrons. The summed E-state index contributed by atoms with van der Waals surface area (Å²) in [5.41, 5.74) is 1.10. The highest BCUT2D eigenvalue weighted by Crippen LogP contribution is 2.30. The van der Waals surface area contributed by atoms with Crippen molar-refractivity contribution in [1.82, 2.24) is 14.7 Å². The standard InChI is InChI=1S/C26H37N3O4/c1-2-11-27-16-22-6-3-4-8-24(22)33-14-5-7-21-17-28(26(32)19-27)12-9-20(21)15-25(31)29-13-10-23(30)18-29/h3-8,20-21,23,30H,2,9-19H2,1H3/b7-5+/t20-,21-,23+/m0/s1. The molecule has 1 aromatic carbocycles. The number of likely N-dealkylation sites (tertiary alicyclic amines) is 1. The van der Waals surface area contributed by atoms with E-state index in [-0.39, 0.29) is 23.7 Å². The van der Waals surface area contributed by atoms with Crippen LogP contribution in [0.4, 0.5) is 0 Å². The average Bonchev–Trinajstić information content (AvgIpc) is 3.24. The third-order valence-corrected chi connectivity index (χ3v) is 7.10. The predicted molar refractivity (Wildman–Crippen MR) is 127 cm³/mol. The van der Waals surface area contributed by atoms with Crippen LogP contribution >= 0.6 is 0 Å². The van der Waals surface area contributed by atoms with Gasteiger partial charge in [0.1, 0.15) is 12.4 Å². The molecule has 7 nitrogen and oxygen atoms in total. The largest absolute Gasteiger partial charge is 0.489 e. The maximum Gasteiger partial charge on any atom is 0.236 e. The van der Waals surface area contributed by atoms with E-state index in [0.29, 0.717) is 58.7 Å². The summed E-state index contributed by atoms with van der Waals surface area (Å²) in [6.45, 7) is 6.96. The van der Waals surface area contributed by atoms with E-state index in [9.17, 15) is 14.7 Å². The van der Waals surface area contributed by atoms with Crippen molar-refractivity contribution in [2.75, 3.05) is 45.9 Å². The van der Waals surface area contributed by atoms with Gasteiger partial charge in [-0.25, -0.2) is 0 Å². The number of hydrogen-bond donors (Lipinski definition) is 1. The van der Waals surface area contributed by atoms with Gasteiger partial charge < -0.3 is 19.6 Å². The zero-order chi connectivity index (χ0) is 23.2. The van der Waals surface area contributed by atoms with Crippen molar-refractivity contribution < 1.29 is 19.4 Å². The number of fused-ring (bicyclic) bond motifs is 3. The number of carbonyl (C=O) groups is 2. The number of ether oxygens (including phenoxy) is 1. The first-order valence-corrected chi connectivity index (χ1v) is 12.4. The van der Waals surface area contributed by atoms with Crippen LogP contribution in [0.25, 0.3) is 0 Å². The Hall–Kier alpha value is -2.38. The van der Waals surface area contributed by atoms with Gasteiger partial charge in [-0.05, 0) is 43.7 Å². The first-order chi connectivity index (χ1) is 16.0. The molecule has 3 aliphatic rings. The van der Waals surface area contributed by atoms with Crippen molar-refractivity contribution in [3.05, 3.63) is 42.0 Å². The molecule has 2 amide bonds. The maximum atomic E-state index is 13.2. The molecule has 1 aromatic rings. The Balaban J connectivity index is 1.50. The van der Waals surface area contributed by atoms with E-state index in [0.717, 1.165) is 30.7 Å². The summed E-state index contributed by atoms with van der Waals surface area (Å²) in [6, 6.07) is 8.05. The third-order valence-electron chi connectivity index (χ3n) is 7.10. The summed E-state index contributed by atoms with van der Waals surface area (Å²) in [5, 5.41) is 9.79. The highest BCUT2D eigenvalue weighted by atomic mass is 16.5. The van der Waals surface area contributed by atoms with Crippen LogP contribution in [0.2, 0.25) is 0 Å². The minimum Gasteiger partial charge on any atom is -0.489 e. The lowest BCUT2D eigenvalue weighted by atomic mass is 9.82. The molecule has 0 spiro atoms. The van der Waals surface area contributed by atoms with Gasteiger partial charge in [-0.3, -0.25) is 14.5 Å². The number of para-hydroxylation sites is 1. The van der Waals surface area contributed by atoms with Crippen LogP contribution in [-0.4, -0.2) is 83.6 Å². The maximum absolute atomic E-state index is 13.2. The fourth-order valence-corrected chi connectivity index (χ4v) is 5.26. The van der Waals surface area contributed by atoms with E-state index in [1.165, 1.54) is 0 Å². The van der Waals surface area contributed by atoms with Crippen molar-refractivity contribution >= 4 is 11.8 Å². The summed E-state index contributed by atoms with van der Waals surface area (Å²) < 4.78 is 6.09. The van der Waals surface area contributed by atoms with Gasteiger partial charge in [0, 0.05) is 44.7 Å². The molecule has 0 radical (unpaired) electrons. The first kappa shape index (κ1) is 23.8. The zero-order valence-corrected chi connectivity index (χ0v) is 19.7. The average molecular weight is 456 g/mol. The number of aliphatic hydroxyl groups excluding tert-OH is 1. The quantitative estimate of drug-likeness (QED) is 0.706. The second-order valence-corrected chi connectivity index (χ2v) is 9.60. The molecule has 2 saturated heterocycles. The molecular formula is C26H37N3O4. The number of aliphatic hydroxyl groups is 1. The molecule has 0 unspecified atom stereocenters. The molecule has 3 aliphatic heterocycles. The summed E-state index contributed by atoms with van der Waals surface area (Å²) in [7, 11) is 0. The van der Waals surface area contributed by atoms with Gasteiger partial charge in [-0.2, -0.15) is 0 Å². The van der Waals surface area contributed by atoms with Crippen molar-refractivity contribution in [2.24, 2.45) is 11.8 Å². The van der Waals surface area contributed by atoms with E-state index >= 15 is 0 Å². The molecule has 33 heavy (non-hydrogen) atoms. The normalized spacial score (nSPS) is 27.7. The highest BCUT2D eigenvalue weighted by molar-refractivity contribution is 5.79. The third kappa shape index (κ3) is 6.15. The summed E-state index contributed by atoms with van der Waals surface area (Å²) >= 11 is 0. The number of rotatable bonds is 4. The SMILES string of the molecule is CCCN1CC(=O)N2CC[C@@H](CC(=O)N3CC[C@@H](O)C3)[C@@H](/C=C/COc3ccccc3C1)C2. The lowest BCUT2D eigenvalue weighted by Crippen LogP contribution is -2.48. The molecule has 0 aromatic heterocycles. The van der Waals surface area contributed by atoms with Gasteiger partial charge in [0.15, 0.2) is 0 Å². The van der Waals surface area contributed by atoms with E-state index in [1.54, 1.807) is 4.90 Å². The predicted octanol–water partition coefficient (Wildman–Crippen LogP) is 2.30. The fraction of sp³-hybridized carbons (Fsp3) is 0.615. The smallest absolute Gasteiger partial charge is 0.236 e. The van der Waals surface area contributed by atoms with Crippen molar-refractivity contribution in [3.8, 4) is 5.75 Å². The van der Waals surface area contributed by atoms with E-state index < -0.39 is 6.10 Å². The Morgan fingerprint density at radius 2 is 2.00 bits per heavy atom. The molecular weight excluding hydrogens is 418 g/mol. The summed E-state index contributed by atoms with van der Waals surface area (Å²) in [4.78, 5) is 32.0. The van der Waals surface area contributed by atoms with E-state index in [2.05, 4.69) is 24.0 Å². The summed E-state index contributed by atoms with van der Waals surface area (Å²) in [6.07, 6.45) is 6.71. The van der Waals surface area contributed by atoms with Crippen LogP contribution in [-0.2, 0) is 16.1 Å². The number of β-amino-alcohol motifs (C(OH)–C–C–N with tert-alkyl or cyclic N) is 1. The molecule has 3 atom stereocenters. The lowest BCUT2D eigenvalue weighted by molar-refractivity contribution is -0.136. The molecule has 0 aliphatic carbocycles. The number of carbonyl (C=O) groups excluding carboxylic acids is 2. The number of hydrogen-bond acceptors (Lipinski definition) is 5. The van der Waals surface area contributed by atoms with Gasteiger partial charge in [-0.15, -0.1) is 0 Å². The number of amides is 2.